The van der Waals surface area contributed by atoms with E-state index in [2.05, 4.69) is 31.2 Å². The van der Waals surface area contributed by atoms with Crippen LogP contribution in [0, 0.1) is 4.77 Å². The molecule has 23 heavy (non-hydrogen) atoms. The Morgan fingerprint density at radius 1 is 1.26 bits per heavy atom. The van der Waals surface area contributed by atoms with Gasteiger partial charge in [-0.3, -0.25) is 5.10 Å². The van der Waals surface area contributed by atoms with E-state index in [9.17, 15) is 5.11 Å². The molecule has 3 rings (SSSR count). The van der Waals surface area contributed by atoms with E-state index in [0.29, 0.717) is 22.6 Å². The number of aromatic amines is 1. The second-order valence-electron chi connectivity index (χ2n) is 4.87. The third kappa shape index (κ3) is 3.75. The molecule has 0 aliphatic rings. The van der Waals surface area contributed by atoms with Gasteiger partial charge in [0.15, 0.2) is 5.82 Å². The van der Waals surface area contributed by atoms with E-state index in [1.165, 1.54) is 0 Å². The van der Waals surface area contributed by atoms with E-state index >= 15 is 0 Å². The van der Waals surface area contributed by atoms with Crippen LogP contribution in [0.3, 0.4) is 0 Å². The van der Waals surface area contributed by atoms with Crippen molar-refractivity contribution in [3.8, 4) is 5.75 Å². The molecule has 0 aliphatic heterocycles. The minimum atomic E-state index is 0.150. The summed E-state index contributed by atoms with van der Waals surface area (Å²) in [6.45, 7) is 0. The van der Waals surface area contributed by atoms with Crippen LogP contribution in [0.5, 0.6) is 5.75 Å². The summed E-state index contributed by atoms with van der Waals surface area (Å²) in [6.07, 6.45) is 2.16. The first kappa shape index (κ1) is 15.6. The number of phenolic OH excluding ortho intramolecular Hbond substituents is 1. The highest BCUT2D eigenvalue weighted by atomic mass is 79.9. The number of phenols is 1. The molecule has 0 aliphatic carbocycles. The molecule has 2 N–H and O–H groups in total. The van der Waals surface area contributed by atoms with E-state index < -0.39 is 0 Å². The van der Waals surface area contributed by atoms with Crippen molar-refractivity contribution < 1.29 is 5.11 Å². The van der Waals surface area contributed by atoms with Crippen LogP contribution in [0.25, 0.3) is 0 Å². The molecule has 3 aromatic rings. The lowest BCUT2D eigenvalue weighted by molar-refractivity contribution is 0.474. The number of benzene rings is 2. The standard InChI is InChI=1S/C16H13BrN4OS/c17-13-6-7-14(22)12(9-13)10-18-21-15(19-20-16(21)23)8-11-4-2-1-3-5-11/h1-7,9-10,22H,8H2,(H,20,23)/b18-10-. The molecule has 2 aromatic carbocycles. The molecule has 7 heteroatoms. The summed E-state index contributed by atoms with van der Waals surface area (Å²) in [5.74, 6) is 0.850. The van der Waals surface area contributed by atoms with Gasteiger partial charge < -0.3 is 5.11 Å². The Bertz CT molecular complexity index is 902. The van der Waals surface area contributed by atoms with Gasteiger partial charge >= 0.3 is 0 Å². The van der Waals surface area contributed by atoms with Gasteiger partial charge in [-0.25, -0.2) is 0 Å². The molecule has 0 saturated heterocycles. The molecule has 1 heterocycles. The van der Waals surface area contributed by atoms with Crippen molar-refractivity contribution in [2.24, 2.45) is 5.10 Å². The van der Waals surface area contributed by atoms with Gasteiger partial charge in [-0.2, -0.15) is 14.9 Å². The zero-order chi connectivity index (χ0) is 16.2. The van der Waals surface area contributed by atoms with Gasteiger partial charge in [-0.05, 0) is 36.0 Å². The predicted molar refractivity (Wildman–Crippen MR) is 95.5 cm³/mol. The Kier molecular flexibility index (Phi) is 4.68. The molecule has 0 fully saturated rings. The fourth-order valence-electron chi connectivity index (χ4n) is 2.08. The van der Waals surface area contributed by atoms with Gasteiger partial charge in [0.05, 0.1) is 6.21 Å². The number of aromatic hydroxyl groups is 1. The molecule has 0 amide bonds. The van der Waals surface area contributed by atoms with Gasteiger partial charge in [0, 0.05) is 16.5 Å². The number of hydrogen-bond donors (Lipinski definition) is 2. The van der Waals surface area contributed by atoms with Gasteiger partial charge in [0.2, 0.25) is 4.77 Å². The Balaban J connectivity index is 1.91. The lowest BCUT2D eigenvalue weighted by Gasteiger charge is -2.02. The summed E-state index contributed by atoms with van der Waals surface area (Å²) in [6, 6.07) is 15.1. The zero-order valence-electron chi connectivity index (χ0n) is 12.0. The first-order valence-corrected chi connectivity index (χ1v) is 8.07. The molecule has 0 radical (unpaired) electrons. The Morgan fingerprint density at radius 3 is 2.83 bits per heavy atom. The lowest BCUT2D eigenvalue weighted by atomic mass is 10.1. The molecular weight excluding hydrogens is 376 g/mol. The number of aromatic nitrogens is 3. The summed E-state index contributed by atoms with van der Waals surface area (Å²) in [7, 11) is 0. The number of nitrogens with zero attached hydrogens (tertiary/aromatic N) is 3. The average Bonchev–Trinajstić information content (AvgIpc) is 2.89. The Hall–Kier alpha value is -2.25. The third-order valence-electron chi connectivity index (χ3n) is 3.22. The average molecular weight is 389 g/mol. The zero-order valence-corrected chi connectivity index (χ0v) is 14.4. The van der Waals surface area contributed by atoms with Crippen LogP contribution < -0.4 is 0 Å². The predicted octanol–water partition coefficient (Wildman–Crippen LogP) is 3.88. The van der Waals surface area contributed by atoms with Gasteiger partial charge in [-0.1, -0.05) is 46.3 Å². The van der Waals surface area contributed by atoms with Crippen LogP contribution in [0.4, 0.5) is 0 Å². The SMILES string of the molecule is Oc1ccc(Br)cc1/C=N\n1c(Cc2ccccc2)n[nH]c1=S. The third-order valence-corrected chi connectivity index (χ3v) is 3.98. The highest BCUT2D eigenvalue weighted by molar-refractivity contribution is 9.10. The molecule has 0 spiro atoms. The van der Waals surface area contributed by atoms with Crippen LogP contribution in [-0.4, -0.2) is 26.2 Å². The molecule has 0 saturated carbocycles. The van der Waals surface area contributed by atoms with Crippen molar-refractivity contribution in [3.05, 3.63) is 74.7 Å². The van der Waals surface area contributed by atoms with Crippen molar-refractivity contribution in [3.63, 3.8) is 0 Å². The quantitative estimate of drug-likeness (QED) is 0.526. The first-order valence-electron chi connectivity index (χ1n) is 6.86. The molecule has 0 unspecified atom stereocenters. The van der Waals surface area contributed by atoms with Gasteiger partial charge in [0.25, 0.3) is 0 Å². The second kappa shape index (κ2) is 6.89. The molecule has 0 atom stereocenters. The maximum absolute atomic E-state index is 9.87. The van der Waals surface area contributed by atoms with Crippen LogP contribution >= 0.6 is 28.1 Å². The van der Waals surface area contributed by atoms with E-state index in [0.717, 1.165) is 10.0 Å². The lowest BCUT2D eigenvalue weighted by Crippen LogP contribution is -2.00. The fraction of sp³-hybridized carbons (Fsp3) is 0.0625. The summed E-state index contributed by atoms with van der Waals surface area (Å²) in [5, 5.41) is 21.2. The molecule has 0 bridgehead atoms. The summed E-state index contributed by atoms with van der Waals surface area (Å²) in [4.78, 5) is 0. The van der Waals surface area contributed by atoms with Gasteiger partial charge in [0.1, 0.15) is 5.75 Å². The van der Waals surface area contributed by atoms with Crippen LogP contribution in [0.2, 0.25) is 0 Å². The minimum Gasteiger partial charge on any atom is -0.507 e. The largest absolute Gasteiger partial charge is 0.507 e. The number of H-pyrrole nitrogens is 1. The summed E-state index contributed by atoms with van der Waals surface area (Å²) in [5.41, 5.74) is 1.70. The topological polar surface area (TPSA) is 66.2 Å². The Labute approximate surface area is 146 Å². The monoisotopic (exact) mass is 388 g/mol. The van der Waals surface area contributed by atoms with Crippen molar-refractivity contribution in [2.45, 2.75) is 6.42 Å². The van der Waals surface area contributed by atoms with E-state index in [4.69, 9.17) is 12.2 Å². The van der Waals surface area contributed by atoms with E-state index in [1.54, 1.807) is 29.1 Å². The molecule has 1 aromatic heterocycles. The van der Waals surface area contributed by atoms with Crippen molar-refractivity contribution in [1.82, 2.24) is 14.9 Å². The van der Waals surface area contributed by atoms with E-state index in [-0.39, 0.29) is 5.75 Å². The van der Waals surface area contributed by atoms with Crippen molar-refractivity contribution in [1.29, 1.82) is 0 Å². The Morgan fingerprint density at radius 2 is 2.04 bits per heavy atom. The van der Waals surface area contributed by atoms with Gasteiger partial charge in [-0.15, -0.1) is 0 Å². The van der Waals surface area contributed by atoms with Crippen LogP contribution in [0.15, 0.2) is 58.1 Å². The second-order valence-corrected chi connectivity index (χ2v) is 6.17. The van der Waals surface area contributed by atoms with E-state index in [1.807, 2.05) is 30.3 Å². The normalized spacial score (nSPS) is 11.2. The maximum Gasteiger partial charge on any atom is 0.216 e. The first-order chi connectivity index (χ1) is 11.1. The minimum absolute atomic E-state index is 0.150. The number of hydrogen-bond acceptors (Lipinski definition) is 4. The highest BCUT2D eigenvalue weighted by Crippen LogP contribution is 2.20. The summed E-state index contributed by atoms with van der Waals surface area (Å²) < 4.78 is 2.82. The fourth-order valence-corrected chi connectivity index (χ4v) is 2.66. The molecular formula is C16H13BrN4OS. The van der Waals surface area contributed by atoms with Crippen molar-refractivity contribution in [2.75, 3.05) is 0 Å². The molecule has 5 nitrogen and oxygen atoms in total. The van der Waals surface area contributed by atoms with Crippen LogP contribution in [-0.2, 0) is 6.42 Å². The van der Waals surface area contributed by atoms with Crippen LogP contribution in [0.1, 0.15) is 17.0 Å². The smallest absolute Gasteiger partial charge is 0.216 e. The number of rotatable bonds is 4. The van der Waals surface area contributed by atoms with Crippen molar-refractivity contribution >= 4 is 34.4 Å². The molecule has 116 valence electrons. The number of halogens is 1. The summed E-state index contributed by atoms with van der Waals surface area (Å²) >= 11 is 8.59. The highest BCUT2D eigenvalue weighted by Gasteiger charge is 2.06. The maximum atomic E-state index is 9.87. The number of nitrogens with one attached hydrogen (secondary N) is 1.